The van der Waals surface area contributed by atoms with E-state index in [4.69, 9.17) is 23.2 Å². The molecule has 0 saturated carbocycles. The zero-order valence-electron chi connectivity index (χ0n) is 12.2. The van der Waals surface area contributed by atoms with E-state index in [0.29, 0.717) is 6.04 Å². The predicted octanol–water partition coefficient (Wildman–Crippen LogP) is 5.86. The summed E-state index contributed by atoms with van der Waals surface area (Å²) >= 11 is 12.5. The van der Waals surface area contributed by atoms with Gasteiger partial charge < -0.3 is 5.32 Å². The minimum atomic E-state index is 0.302. The molecule has 0 spiro atoms. The third kappa shape index (κ3) is 5.33. The van der Waals surface area contributed by atoms with Gasteiger partial charge in [0.2, 0.25) is 0 Å². The van der Waals surface area contributed by atoms with E-state index in [1.165, 1.54) is 12.8 Å². The molecule has 1 aromatic carbocycles. The summed E-state index contributed by atoms with van der Waals surface area (Å²) in [6.07, 6.45) is 4.66. The number of hydrogen-bond donors (Lipinski definition) is 1. The van der Waals surface area contributed by atoms with Crippen LogP contribution < -0.4 is 5.32 Å². The van der Waals surface area contributed by atoms with Crippen molar-refractivity contribution in [2.75, 3.05) is 6.54 Å². The summed E-state index contributed by atoms with van der Waals surface area (Å²) in [5.74, 6) is 0.726. The molecule has 1 unspecified atom stereocenters. The highest BCUT2D eigenvalue weighted by Gasteiger charge is 2.18. The third-order valence-corrected chi connectivity index (χ3v) is 4.28. The highest BCUT2D eigenvalue weighted by atomic mass is 35.5. The van der Waals surface area contributed by atoms with Crippen LogP contribution >= 0.6 is 23.2 Å². The molecule has 0 saturated heterocycles. The van der Waals surface area contributed by atoms with Gasteiger partial charge in [-0.1, -0.05) is 56.8 Å². The van der Waals surface area contributed by atoms with Crippen molar-refractivity contribution < 1.29 is 0 Å². The van der Waals surface area contributed by atoms with E-state index in [0.717, 1.165) is 40.9 Å². The summed E-state index contributed by atoms with van der Waals surface area (Å²) in [5, 5.41) is 5.18. The van der Waals surface area contributed by atoms with Crippen molar-refractivity contribution in [2.24, 2.45) is 5.92 Å². The maximum atomic E-state index is 6.34. The lowest BCUT2D eigenvalue weighted by Crippen LogP contribution is -2.24. The SMILES string of the molecule is CCCNC(CC(CC)CC)c1cc(Cl)ccc1Cl. The number of benzene rings is 1. The van der Waals surface area contributed by atoms with Crippen LogP contribution in [0.4, 0.5) is 0 Å². The van der Waals surface area contributed by atoms with Gasteiger partial charge in [0.1, 0.15) is 0 Å². The molecule has 1 N–H and O–H groups in total. The second-order valence-electron chi connectivity index (χ2n) is 5.09. The number of hydrogen-bond acceptors (Lipinski definition) is 1. The monoisotopic (exact) mass is 301 g/mol. The lowest BCUT2D eigenvalue weighted by atomic mass is 9.91. The van der Waals surface area contributed by atoms with E-state index >= 15 is 0 Å². The molecule has 108 valence electrons. The first kappa shape index (κ1) is 16.8. The molecule has 0 radical (unpaired) electrons. The summed E-state index contributed by atoms with van der Waals surface area (Å²) < 4.78 is 0. The second-order valence-corrected chi connectivity index (χ2v) is 5.93. The molecule has 1 nitrogen and oxygen atoms in total. The molecule has 19 heavy (non-hydrogen) atoms. The Labute approximate surface area is 127 Å². The lowest BCUT2D eigenvalue weighted by molar-refractivity contribution is 0.371. The van der Waals surface area contributed by atoms with Gasteiger partial charge in [-0.15, -0.1) is 0 Å². The Morgan fingerprint density at radius 1 is 1.11 bits per heavy atom. The number of rotatable bonds is 8. The van der Waals surface area contributed by atoms with Crippen LogP contribution in [0.1, 0.15) is 58.1 Å². The maximum Gasteiger partial charge on any atom is 0.0454 e. The summed E-state index contributed by atoms with van der Waals surface area (Å²) in [6.45, 7) is 7.70. The molecule has 1 atom stereocenters. The normalized spacial score (nSPS) is 12.9. The molecule has 0 bridgehead atoms. The fourth-order valence-corrected chi connectivity index (χ4v) is 2.81. The average Bonchev–Trinajstić information content (AvgIpc) is 2.42. The molecule has 0 aromatic heterocycles. The molecule has 1 rings (SSSR count). The van der Waals surface area contributed by atoms with E-state index in [1.807, 2.05) is 18.2 Å². The van der Waals surface area contributed by atoms with Crippen molar-refractivity contribution >= 4 is 23.2 Å². The van der Waals surface area contributed by atoms with E-state index < -0.39 is 0 Å². The van der Waals surface area contributed by atoms with Crippen LogP contribution in [0.2, 0.25) is 10.0 Å². The minimum absolute atomic E-state index is 0.302. The Hall–Kier alpha value is -0.240. The third-order valence-electron chi connectivity index (χ3n) is 3.70. The number of nitrogens with one attached hydrogen (secondary N) is 1. The summed E-state index contributed by atoms with van der Waals surface area (Å²) in [7, 11) is 0. The molecule has 0 fully saturated rings. The van der Waals surface area contributed by atoms with Crippen molar-refractivity contribution in [3.63, 3.8) is 0 Å². The minimum Gasteiger partial charge on any atom is -0.310 e. The summed E-state index contributed by atoms with van der Waals surface area (Å²) in [4.78, 5) is 0. The van der Waals surface area contributed by atoms with Crippen molar-refractivity contribution in [3.05, 3.63) is 33.8 Å². The van der Waals surface area contributed by atoms with E-state index in [1.54, 1.807) is 0 Å². The summed E-state index contributed by atoms with van der Waals surface area (Å²) in [6, 6.07) is 6.05. The largest absolute Gasteiger partial charge is 0.310 e. The first-order valence-electron chi connectivity index (χ1n) is 7.30. The molecule has 3 heteroatoms. The topological polar surface area (TPSA) is 12.0 Å². The zero-order valence-corrected chi connectivity index (χ0v) is 13.7. The molecule has 0 aliphatic carbocycles. The van der Waals surface area contributed by atoms with Gasteiger partial charge in [0, 0.05) is 16.1 Å². The van der Waals surface area contributed by atoms with Crippen molar-refractivity contribution in [3.8, 4) is 0 Å². The smallest absolute Gasteiger partial charge is 0.0454 e. The zero-order chi connectivity index (χ0) is 14.3. The van der Waals surface area contributed by atoms with Gasteiger partial charge >= 0.3 is 0 Å². The Balaban J connectivity index is 2.91. The van der Waals surface area contributed by atoms with Crippen LogP contribution in [-0.4, -0.2) is 6.54 Å². The van der Waals surface area contributed by atoms with Crippen LogP contribution in [0.3, 0.4) is 0 Å². The van der Waals surface area contributed by atoms with Gasteiger partial charge in [-0.2, -0.15) is 0 Å². The van der Waals surface area contributed by atoms with E-state index in [2.05, 4.69) is 26.1 Å². The standard InChI is InChI=1S/C16H25Cl2N/c1-4-9-19-16(10-12(5-2)6-3)14-11-13(17)7-8-15(14)18/h7-8,11-12,16,19H,4-6,9-10H2,1-3H3. The van der Waals surface area contributed by atoms with Crippen molar-refractivity contribution in [1.82, 2.24) is 5.32 Å². The van der Waals surface area contributed by atoms with Gasteiger partial charge in [-0.3, -0.25) is 0 Å². The van der Waals surface area contributed by atoms with Crippen LogP contribution in [0.5, 0.6) is 0 Å². The highest BCUT2D eigenvalue weighted by molar-refractivity contribution is 6.33. The molecular weight excluding hydrogens is 277 g/mol. The maximum absolute atomic E-state index is 6.34. The van der Waals surface area contributed by atoms with E-state index in [-0.39, 0.29) is 0 Å². The molecule has 0 aliphatic heterocycles. The van der Waals surface area contributed by atoms with Crippen LogP contribution in [0.25, 0.3) is 0 Å². The van der Waals surface area contributed by atoms with Gasteiger partial charge in [-0.25, -0.2) is 0 Å². The van der Waals surface area contributed by atoms with Crippen molar-refractivity contribution in [2.45, 2.75) is 52.5 Å². The molecule has 1 aromatic rings. The predicted molar refractivity (Wildman–Crippen MR) is 86.2 cm³/mol. The summed E-state index contributed by atoms with van der Waals surface area (Å²) in [5.41, 5.74) is 1.13. The van der Waals surface area contributed by atoms with E-state index in [9.17, 15) is 0 Å². The number of halogens is 2. The highest BCUT2D eigenvalue weighted by Crippen LogP contribution is 2.31. The first-order valence-corrected chi connectivity index (χ1v) is 8.06. The molecule has 0 aliphatic rings. The molecular formula is C16H25Cl2N. The van der Waals surface area contributed by atoms with Gasteiger partial charge in [0.15, 0.2) is 0 Å². The average molecular weight is 302 g/mol. The van der Waals surface area contributed by atoms with Crippen LogP contribution in [0.15, 0.2) is 18.2 Å². The Bertz CT molecular complexity index is 375. The second kappa shape index (κ2) is 8.84. The van der Waals surface area contributed by atoms with Gasteiger partial charge in [0.05, 0.1) is 0 Å². The fraction of sp³-hybridized carbons (Fsp3) is 0.625. The molecule has 0 amide bonds. The fourth-order valence-electron chi connectivity index (χ4n) is 2.38. The van der Waals surface area contributed by atoms with Crippen LogP contribution in [-0.2, 0) is 0 Å². The lowest BCUT2D eigenvalue weighted by Gasteiger charge is -2.24. The first-order chi connectivity index (χ1) is 9.12. The quantitative estimate of drug-likeness (QED) is 0.634. The Morgan fingerprint density at radius 2 is 1.79 bits per heavy atom. The Morgan fingerprint density at radius 3 is 2.37 bits per heavy atom. The van der Waals surface area contributed by atoms with Crippen LogP contribution in [0, 0.1) is 5.92 Å². The van der Waals surface area contributed by atoms with Gasteiger partial charge in [0.25, 0.3) is 0 Å². The molecule has 0 heterocycles. The Kier molecular flexibility index (Phi) is 7.82. The van der Waals surface area contributed by atoms with Crippen molar-refractivity contribution in [1.29, 1.82) is 0 Å². The van der Waals surface area contributed by atoms with Gasteiger partial charge in [-0.05, 0) is 49.1 Å².